The molecule has 6 nitrogen and oxygen atoms in total. The first-order chi connectivity index (χ1) is 8.65. The summed E-state index contributed by atoms with van der Waals surface area (Å²) in [6, 6.07) is 4.37. The first-order valence-electron chi connectivity index (χ1n) is 5.19. The van der Waals surface area contributed by atoms with Crippen molar-refractivity contribution in [2.75, 3.05) is 12.3 Å². The van der Waals surface area contributed by atoms with Gasteiger partial charge in [-0.15, -0.1) is 5.10 Å². The van der Waals surface area contributed by atoms with Crippen LogP contribution in [-0.4, -0.2) is 21.4 Å². The molecule has 0 unspecified atom stereocenters. The Morgan fingerprint density at radius 1 is 1.56 bits per heavy atom. The Hall–Kier alpha value is -2.62. The van der Waals surface area contributed by atoms with E-state index in [9.17, 15) is 4.39 Å². The van der Waals surface area contributed by atoms with Crippen LogP contribution in [-0.2, 0) is 0 Å². The van der Waals surface area contributed by atoms with E-state index in [1.165, 1.54) is 17.1 Å². The third kappa shape index (κ3) is 2.08. The maximum Gasteiger partial charge on any atom is 0.252 e. The van der Waals surface area contributed by atoms with Crippen molar-refractivity contribution in [3.05, 3.63) is 30.1 Å². The minimum Gasteiger partial charge on any atom is -0.491 e. The zero-order valence-electron chi connectivity index (χ0n) is 9.59. The third-order valence-electron chi connectivity index (χ3n) is 2.22. The number of rotatable bonds is 3. The highest BCUT2D eigenvalue weighted by molar-refractivity contribution is 5.60. The molecular formula is C11H10FN5O. The van der Waals surface area contributed by atoms with Crippen molar-refractivity contribution in [3.63, 3.8) is 0 Å². The lowest BCUT2D eigenvalue weighted by molar-refractivity contribution is 0.321. The molecule has 0 saturated carbocycles. The molecule has 0 fully saturated rings. The first kappa shape index (κ1) is 11.9. The number of hydrogen-bond donors (Lipinski definition) is 1. The number of anilines is 1. The van der Waals surface area contributed by atoms with Crippen LogP contribution in [0, 0.1) is 17.1 Å². The molecule has 1 aromatic heterocycles. The van der Waals surface area contributed by atoms with E-state index in [0.717, 1.165) is 6.07 Å². The van der Waals surface area contributed by atoms with Crippen LogP contribution in [0.4, 0.5) is 10.1 Å². The van der Waals surface area contributed by atoms with Gasteiger partial charge in [-0.05, 0) is 6.92 Å². The molecule has 0 aliphatic carbocycles. The molecule has 2 rings (SSSR count). The third-order valence-corrected chi connectivity index (χ3v) is 2.22. The standard InChI is InChI=1S/C11H10FN5O/c1-2-18-10-4-9(8(14)3-7(10)12)17-6-15-11(5-13)16-17/h3-4,6H,2,14H2,1H3. The van der Waals surface area contributed by atoms with E-state index in [0.29, 0.717) is 12.3 Å². The van der Waals surface area contributed by atoms with Gasteiger partial charge in [0.1, 0.15) is 12.4 Å². The quantitative estimate of drug-likeness (QED) is 0.824. The molecule has 18 heavy (non-hydrogen) atoms. The van der Waals surface area contributed by atoms with Crippen LogP contribution in [0.25, 0.3) is 5.69 Å². The van der Waals surface area contributed by atoms with Crippen molar-refractivity contribution in [1.29, 1.82) is 5.26 Å². The largest absolute Gasteiger partial charge is 0.491 e. The number of aromatic nitrogens is 3. The van der Waals surface area contributed by atoms with Gasteiger partial charge in [-0.2, -0.15) is 5.26 Å². The topological polar surface area (TPSA) is 89.8 Å². The minimum atomic E-state index is -0.543. The van der Waals surface area contributed by atoms with Crippen LogP contribution < -0.4 is 10.5 Å². The van der Waals surface area contributed by atoms with E-state index in [4.69, 9.17) is 15.7 Å². The Kier molecular flexibility index (Phi) is 3.10. The number of nitriles is 1. The lowest BCUT2D eigenvalue weighted by Gasteiger charge is -2.09. The Bertz CT molecular complexity index is 616. The van der Waals surface area contributed by atoms with E-state index in [-0.39, 0.29) is 17.3 Å². The molecule has 2 aromatic rings. The predicted octanol–water partition coefficient (Wildman–Crippen LogP) is 1.26. The molecule has 0 spiro atoms. The maximum absolute atomic E-state index is 13.5. The summed E-state index contributed by atoms with van der Waals surface area (Å²) in [7, 11) is 0. The number of hydrogen-bond acceptors (Lipinski definition) is 5. The molecule has 2 N–H and O–H groups in total. The smallest absolute Gasteiger partial charge is 0.252 e. The van der Waals surface area contributed by atoms with E-state index >= 15 is 0 Å². The van der Waals surface area contributed by atoms with Crippen LogP contribution in [0.3, 0.4) is 0 Å². The van der Waals surface area contributed by atoms with Gasteiger partial charge in [-0.25, -0.2) is 14.1 Å². The van der Waals surface area contributed by atoms with Crippen molar-refractivity contribution in [1.82, 2.24) is 14.8 Å². The van der Waals surface area contributed by atoms with Gasteiger partial charge in [0.25, 0.3) is 5.82 Å². The Balaban J connectivity index is 2.50. The van der Waals surface area contributed by atoms with Crippen LogP contribution in [0.5, 0.6) is 5.75 Å². The van der Waals surface area contributed by atoms with Gasteiger partial charge in [0.2, 0.25) is 0 Å². The van der Waals surface area contributed by atoms with Gasteiger partial charge >= 0.3 is 0 Å². The van der Waals surface area contributed by atoms with Crippen LogP contribution >= 0.6 is 0 Å². The fraction of sp³-hybridized carbons (Fsp3) is 0.182. The second-order valence-corrected chi connectivity index (χ2v) is 3.40. The van der Waals surface area contributed by atoms with Crippen molar-refractivity contribution in [3.8, 4) is 17.5 Å². The highest BCUT2D eigenvalue weighted by atomic mass is 19.1. The fourth-order valence-corrected chi connectivity index (χ4v) is 1.45. The van der Waals surface area contributed by atoms with E-state index < -0.39 is 5.82 Å². The van der Waals surface area contributed by atoms with Crippen molar-refractivity contribution >= 4 is 5.69 Å². The molecule has 0 radical (unpaired) electrons. The summed E-state index contributed by atoms with van der Waals surface area (Å²) in [4.78, 5) is 3.75. The summed E-state index contributed by atoms with van der Waals surface area (Å²) < 4.78 is 19.9. The molecule has 0 saturated heterocycles. The molecule has 0 aliphatic heterocycles. The number of nitrogen functional groups attached to an aromatic ring is 1. The maximum atomic E-state index is 13.5. The lowest BCUT2D eigenvalue weighted by Crippen LogP contribution is -2.04. The monoisotopic (exact) mass is 247 g/mol. The molecule has 0 bridgehead atoms. The molecular weight excluding hydrogens is 237 g/mol. The summed E-state index contributed by atoms with van der Waals surface area (Å²) in [5, 5.41) is 12.5. The zero-order valence-corrected chi connectivity index (χ0v) is 9.59. The van der Waals surface area contributed by atoms with Gasteiger partial charge in [-0.3, -0.25) is 0 Å². The van der Waals surface area contributed by atoms with Gasteiger partial charge in [0, 0.05) is 12.1 Å². The zero-order chi connectivity index (χ0) is 13.1. The van der Waals surface area contributed by atoms with E-state index in [2.05, 4.69) is 10.1 Å². The molecule has 0 aliphatic rings. The predicted molar refractivity (Wildman–Crippen MR) is 61.6 cm³/mol. The molecule has 0 atom stereocenters. The number of benzene rings is 1. The van der Waals surface area contributed by atoms with Crippen molar-refractivity contribution < 1.29 is 9.13 Å². The number of nitrogens with two attached hydrogens (primary N) is 1. The normalized spacial score (nSPS) is 10.1. The van der Waals surface area contributed by atoms with Gasteiger partial charge < -0.3 is 10.5 Å². The van der Waals surface area contributed by atoms with E-state index in [1.54, 1.807) is 13.0 Å². The average Bonchev–Trinajstić information content (AvgIpc) is 2.81. The van der Waals surface area contributed by atoms with Crippen LogP contribution in [0.1, 0.15) is 12.7 Å². The lowest BCUT2D eigenvalue weighted by atomic mass is 10.2. The summed E-state index contributed by atoms with van der Waals surface area (Å²) in [5.41, 5.74) is 6.30. The summed E-state index contributed by atoms with van der Waals surface area (Å²) in [6.07, 6.45) is 1.33. The highest BCUT2D eigenvalue weighted by Crippen LogP contribution is 2.26. The average molecular weight is 247 g/mol. The second kappa shape index (κ2) is 4.71. The molecule has 7 heteroatoms. The Morgan fingerprint density at radius 2 is 2.33 bits per heavy atom. The molecule has 1 heterocycles. The summed E-state index contributed by atoms with van der Waals surface area (Å²) >= 11 is 0. The highest BCUT2D eigenvalue weighted by Gasteiger charge is 2.12. The molecule has 0 amide bonds. The molecule has 1 aromatic carbocycles. The van der Waals surface area contributed by atoms with Gasteiger partial charge in [0.05, 0.1) is 18.0 Å². The molecule has 92 valence electrons. The van der Waals surface area contributed by atoms with Gasteiger partial charge in [0.15, 0.2) is 11.6 Å². The minimum absolute atomic E-state index is 0.0108. The fourth-order valence-electron chi connectivity index (χ4n) is 1.45. The second-order valence-electron chi connectivity index (χ2n) is 3.40. The number of ether oxygens (including phenoxy) is 1. The van der Waals surface area contributed by atoms with Crippen molar-refractivity contribution in [2.24, 2.45) is 0 Å². The summed E-state index contributed by atoms with van der Waals surface area (Å²) in [5.74, 6) is -0.453. The Labute approximate surface area is 102 Å². The summed E-state index contributed by atoms with van der Waals surface area (Å²) in [6.45, 7) is 2.08. The van der Waals surface area contributed by atoms with Crippen LogP contribution in [0.2, 0.25) is 0 Å². The van der Waals surface area contributed by atoms with Crippen molar-refractivity contribution in [2.45, 2.75) is 6.92 Å². The van der Waals surface area contributed by atoms with E-state index in [1.807, 2.05) is 0 Å². The van der Waals surface area contributed by atoms with Gasteiger partial charge in [-0.1, -0.05) is 0 Å². The number of halogens is 1. The Morgan fingerprint density at radius 3 is 2.94 bits per heavy atom. The SMILES string of the molecule is CCOc1cc(-n2cnc(C#N)n2)c(N)cc1F. The van der Waals surface area contributed by atoms with Crippen LogP contribution in [0.15, 0.2) is 18.5 Å². The number of nitrogens with zero attached hydrogens (tertiary/aromatic N) is 4. The first-order valence-corrected chi connectivity index (χ1v) is 5.19.